The van der Waals surface area contributed by atoms with Gasteiger partial charge < -0.3 is 0 Å². The Morgan fingerprint density at radius 3 is 2.74 bits per heavy atom. The average molecular weight is 307 g/mol. The van der Waals surface area contributed by atoms with Gasteiger partial charge in [-0.3, -0.25) is 9.58 Å². The van der Waals surface area contributed by atoms with E-state index in [0.717, 1.165) is 30.6 Å². The molecule has 8 heteroatoms. The summed E-state index contributed by atoms with van der Waals surface area (Å²) in [5.41, 5.74) is 1.85. The van der Waals surface area contributed by atoms with E-state index in [1.54, 1.807) is 11.7 Å². The number of hydrogen-bond acceptors (Lipinski definition) is 4. The summed E-state index contributed by atoms with van der Waals surface area (Å²) in [5, 5.41) is 10.0. The lowest BCUT2D eigenvalue weighted by molar-refractivity contribution is 0.261. The molecule has 2 rings (SSSR count). The van der Waals surface area contributed by atoms with Crippen LogP contribution < -0.4 is 5.14 Å². The van der Waals surface area contributed by atoms with E-state index in [1.807, 2.05) is 6.92 Å². The molecule has 0 spiro atoms. The molecule has 1 aromatic rings. The van der Waals surface area contributed by atoms with Gasteiger partial charge in [0, 0.05) is 25.2 Å². The average Bonchev–Trinajstić information content (AvgIpc) is 2.78. The second-order valence-corrected chi connectivity index (χ2v) is 7.09. The van der Waals surface area contributed by atoms with Gasteiger partial charge in [-0.25, -0.2) is 13.6 Å². The molecule has 0 saturated carbocycles. The number of rotatable bonds is 4. The first kappa shape index (κ1) is 14.8. The predicted molar refractivity (Wildman–Crippen MR) is 74.4 cm³/mol. The lowest BCUT2D eigenvalue weighted by Gasteiger charge is -2.23. The van der Waals surface area contributed by atoms with E-state index in [0.29, 0.717) is 11.7 Å². The molecule has 2 heterocycles. The van der Waals surface area contributed by atoms with E-state index in [9.17, 15) is 8.42 Å². The van der Waals surface area contributed by atoms with Gasteiger partial charge in [0.2, 0.25) is 10.0 Å². The fraction of sp³-hybridized carbons (Fsp3) is 0.727. The maximum Gasteiger partial charge on any atom is 0.210 e. The minimum Gasteiger partial charge on any atom is -0.295 e. The van der Waals surface area contributed by atoms with Crippen LogP contribution in [-0.4, -0.2) is 41.4 Å². The van der Waals surface area contributed by atoms with E-state index in [1.165, 1.54) is 0 Å². The Bertz CT molecular complexity index is 569. The number of sulfonamides is 1. The first-order valence-electron chi connectivity index (χ1n) is 6.20. The fourth-order valence-electron chi connectivity index (χ4n) is 2.62. The smallest absolute Gasteiger partial charge is 0.210 e. The zero-order chi connectivity index (χ0) is 14.2. The van der Waals surface area contributed by atoms with Crippen LogP contribution in [0.4, 0.5) is 0 Å². The second kappa shape index (κ2) is 5.40. The maximum absolute atomic E-state index is 11.2. The molecule has 1 unspecified atom stereocenters. The van der Waals surface area contributed by atoms with Gasteiger partial charge >= 0.3 is 0 Å². The molecule has 0 aromatic carbocycles. The lowest BCUT2D eigenvalue weighted by atomic mass is 10.2. The van der Waals surface area contributed by atoms with Crippen molar-refractivity contribution in [3.63, 3.8) is 0 Å². The van der Waals surface area contributed by atoms with Gasteiger partial charge in [-0.15, -0.1) is 0 Å². The monoisotopic (exact) mass is 306 g/mol. The van der Waals surface area contributed by atoms with Crippen molar-refractivity contribution in [2.45, 2.75) is 32.4 Å². The van der Waals surface area contributed by atoms with Crippen LogP contribution in [0.15, 0.2) is 0 Å². The minimum absolute atomic E-state index is 0.00390. The third-order valence-corrected chi connectivity index (χ3v) is 4.88. The molecular formula is C11H19ClN4O2S. The summed E-state index contributed by atoms with van der Waals surface area (Å²) in [5.74, 6) is 0.00390. The van der Waals surface area contributed by atoms with Gasteiger partial charge in [0.05, 0.1) is 11.4 Å². The van der Waals surface area contributed by atoms with Gasteiger partial charge in [-0.2, -0.15) is 5.10 Å². The van der Waals surface area contributed by atoms with Crippen LogP contribution in [-0.2, 0) is 23.6 Å². The Morgan fingerprint density at radius 2 is 2.21 bits per heavy atom. The van der Waals surface area contributed by atoms with Crippen LogP contribution in [0.3, 0.4) is 0 Å². The molecule has 1 aliphatic rings. The quantitative estimate of drug-likeness (QED) is 0.885. The minimum atomic E-state index is -3.44. The molecule has 1 saturated heterocycles. The number of halogens is 1. The highest BCUT2D eigenvalue weighted by atomic mass is 35.5. The fourth-order valence-corrected chi connectivity index (χ4v) is 3.76. The molecule has 1 fully saturated rings. The van der Waals surface area contributed by atoms with Crippen LogP contribution >= 0.6 is 11.6 Å². The van der Waals surface area contributed by atoms with Crippen LogP contribution in [0.25, 0.3) is 0 Å². The van der Waals surface area contributed by atoms with Gasteiger partial charge in [-0.05, 0) is 26.3 Å². The lowest BCUT2D eigenvalue weighted by Crippen LogP contribution is -2.37. The predicted octanol–water partition coefficient (Wildman–Crippen LogP) is 0.635. The zero-order valence-corrected chi connectivity index (χ0v) is 12.7. The summed E-state index contributed by atoms with van der Waals surface area (Å²) in [4.78, 5) is 2.13. The summed E-state index contributed by atoms with van der Waals surface area (Å²) in [6.07, 6.45) is 1.84. The number of aryl methyl sites for hydroxylation is 2. The first-order valence-corrected chi connectivity index (χ1v) is 8.30. The second-order valence-electron chi connectivity index (χ2n) is 5.07. The van der Waals surface area contributed by atoms with E-state index in [-0.39, 0.29) is 11.8 Å². The standard InChI is InChI=1S/C11H19ClN4O2S/c1-8-10(11(12)15(2)14-8)6-16-5-3-4-9(16)7-19(13,17)18/h9H,3-7H2,1-2H3,(H2,13,17,18). The van der Waals surface area contributed by atoms with Gasteiger partial charge in [-0.1, -0.05) is 11.6 Å². The van der Waals surface area contributed by atoms with Crippen molar-refractivity contribution in [1.29, 1.82) is 0 Å². The van der Waals surface area contributed by atoms with Gasteiger partial charge in [0.25, 0.3) is 0 Å². The molecule has 0 aliphatic carbocycles. The Labute approximate surface area is 118 Å². The zero-order valence-electron chi connectivity index (χ0n) is 11.1. The van der Waals surface area contributed by atoms with E-state index in [2.05, 4.69) is 10.00 Å². The number of likely N-dealkylation sites (tertiary alicyclic amines) is 1. The molecule has 1 aromatic heterocycles. The summed E-state index contributed by atoms with van der Waals surface area (Å²) in [7, 11) is -1.65. The first-order chi connectivity index (χ1) is 8.78. The highest BCUT2D eigenvalue weighted by Gasteiger charge is 2.29. The Kier molecular flexibility index (Phi) is 4.20. The third kappa shape index (κ3) is 3.47. The molecule has 2 N–H and O–H groups in total. The van der Waals surface area contributed by atoms with Gasteiger partial charge in [0.1, 0.15) is 5.15 Å². The van der Waals surface area contributed by atoms with Crippen molar-refractivity contribution in [2.75, 3.05) is 12.3 Å². The number of aromatic nitrogens is 2. The molecule has 0 amide bonds. The molecule has 6 nitrogen and oxygen atoms in total. The molecule has 1 atom stereocenters. The molecular weight excluding hydrogens is 288 g/mol. The number of nitrogens with zero attached hydrogens (tertiary/aromatic N) is 3. The number of nitrogens with two attached hydrogens (primary N) is 1. The molecule has 0 radical (unpaired) electrons. The van der Waals surface area contributed by atoms with Crippen molar-refractivity contribution in [3.8, 4) is 0 Å². The molecule has 108 valence electrons. The Balaban J connectivity index is 2.13. The summed E-state index contributed by atoms with van der Waals surface area (Å²) < 4.78 is 24.1. The number of hydrogen-bond donors (Lipinski definition) is 1. The summed E-state index contributed by atoms with van der Waals surface area (Å²) in [6, 6.07) is -0.0225. The maximum atomic E-state index is 11.2. The molecule has 1 aliphatic heterocycles. The van der Waals surface area contributed by atoms with Crippen LogP contribution in [0.5, 0.6) is 0 Å². The SMILES string of the molecule is Cc1nn(C)c(Cl)c1CN1CCCC1CS(N)(=O)=O. The molecule has 0 bridgehead atoms. The van der Waals surface area contributed by atoms with E-state index in [4.69, 9.17) is 16.7 Å². The Hall–Kier alpha value is -0.630. The normalized spacial score (nSPS) is 21.2. The summed E-state index contributed by atoms with van der Waals surface area (Å²) >= 11 is 6.20. The van der Waals surface area contributed by atoms with Crippen LogP contribution in [0.2, 0.25) is 5.15 Å². The van der Waals surface area contributed by atoms with Crippen molar-refractivity contribution in [3.05, 3.63) is 16.4 Å². The summed E-state index contributed by atoms with van der Waals surface area (Å²) in [6.45, 7) is 3.40. The van der Waals surface area contributed by atoms with Crippen LogP contribution in [0, 0.1) is 6.92 Å². The Morgan fingerprint density at radius 1 is 1.53 bits per heavy atom. The van der Waals surface area contributed by atoms with Crippen molar-refractivity contribution in [1.82, 2.24) is 14.7 Å². The third-order valence-electron chi connectivity index (χ3n) is 3.55. The number of primary sulfonamides is 1. The van der Waals surface area contributed by atoms with Crippen molar-refractivity contribution in [2.24, 2.45) is 12.2 Å². The van der Waals surface area contributed by atoms with E-state index < -0.39 is 10.0 Å². The topological polar surface area (TPSA) is 81.2 Å². The highest BCUT2D eigenvalue weighted by Crippen LogP contribution is 2.25. The van der Waals surface area contributed by atoms with Crippen LogP contribution in [0.1, 0.15) is 24.1 Å². The largest absolute Gasteiger partial charge is 0.295 e. The van der Waals surface area contributed by atoms with Crippen molar-refractivity contribution < 1.29 is 8.42 Å². The van der Waals surface area contributed by atoms with Crippen molar-refractivity contribution >= 4 is 21.6 Å². The highest BCUT2D eigenvalue weighted by molar-refractivity contribution is 7.89. The van der Waals surface area contributed by atoms with Gasteiger partial charge in [0.15, 0.2) is 0 Å². The molecule has 19 heavy (non-hydrogen) atoms. The van der Waals surface area contributed by atoms with E-state index >= 15 is 0 Å².